The molecule has 1 aromatic carbocycles. The fourth-order valence-corrected chi connectivity index (χ4v) is 3.56. The summed E-state index contributed by atoms with van der Waals surface area (Å²) < 4.78 is 0. The minimum absolute atomic E-state index is 0.00916. The van der Waals surface area contributed by atoms with Gasteiger partial charge in [0.25, 0.3) is 0 Å². The highest BCUT2D eigenvalue weighted by Crippen LogP contribution is 2.34. The first kappa shape index (κ1) is 14.3. The molecule has 1 aromatic heterocycles. The van der Waals surface area contributed by atoms with Crippen molar-refractivity contribution in [1.82, 2.24) is 10.2 Å². The van der Waals surface area contributed by atoms with Gasteiger partial charge in [-0.25, -0.2) is 0 Å². The predicted molar refractivity (Wildman–Crippen MR) is 85.9 cm³/mol. The molecule has 2 aromatic rings. The SMILES string of the molecule is CC(C)CN1C(=O)C(c2ccccc2)NC1c1cccs1. The lowest BCUT2D eigenvalue weighted by Gasteiger charge is -2.25. The molecule has 1 aliphatic heterocycles. The number of nitrogens with one attached hydrogen (secondary N) is 1. The Morgan fingerprint density at radius 1 is 1.19 bits per heavy atom. The zero-order chi connectivity index (χ0) is 14.8. The molecule has 1 saturated heterocycles. The van der Waals surface area contributed by atoms with E-state index >= 15 is 0 Å². The Morgan fingerprint density at radius 2 is 1.95 bits per heavy atom. The van der Waals surface area contributed by atoms with Crippen LogP contribution in [0.2, 0.25) is 0 Å². The molecule has 0 aliphatic carbocycles. The second kappa shape index (κ2) is 6.00. The maximum atomic E-state index is 12.8. The Labute approximate surface area is 129 Å². The second-order valence-electron chi connectivity index (χ2n) is 5.81. The summed E-state index contributed by atoms with van der Waals surface area (Å²) in [4.78, 5) is 16.0. The minimum Gasteiger partial charge on any atom is -0.320 e. The van der Waals surface area contributed by atoms with E-state index in [0.29, 0.717) is 5.92 Å². The van der Waals surface area contributed by atoms with Gasteiger partial charge in [0.05, 0.1) is 0 Å². The molecule has 1 N–H and O–H groups in total. The van der Waals surface area contributed by atoms with Crippen molar-refractivity contribution in [2.75, 3.05) is 6.54 Å². The summed E-state index contributed by atoms with van der Waals surface area (Å²) in [5.74, 6) is 0.626. The molecule has 4 heteroatoms. The zero-order valence-electron chi connectivity index (χ0n) is 12.3. The fourth-order valence-electron chi connectivity index (χ4n) is 2.77. The van der Waals surface area contributed by atoms with Gasteiger partial charge in [-0.3, -0.25) is 10.1 Å². The van der Waals surface area contributed by atoms with Gasteiger partial charge in [0.15, 0.2) is 0 Å². The normalized spacial score (nSPS) is 22.2. The summed E-state index contributed by atoms with van der Waals surface area (Å²) in [6, 6.07) is 13.9. The maximum Gasteiger partial charge on any atom is 0.245 e. The van der Waals surface area contributed by atoms with Gasteiger partial charge in [-0.05, 0) is 22.9 Å². The number of benzene rings is 1. The van der Waals surface area contributed by atoms with Crippen LogP contribution in [0.4, 0.5) is 0 Å². The van der Waals surface area contributed by atoms with Crippen molar-refractivity contribution in [2.45, 2.75) is 26.1 Å². The highest BCUT2D eigenvalue weighted by atomic mass is 32.1. The Balaban J connectivity index is 1.91. The van der Waals surface area contributed by atoms with Crippen LogP contribution in [0.25, 0.3) is 0 Å². The van der Waals surface area contributed by atoms with Crippen LogP contribution >= 0.6 is 11.3 Å². The average molecular weight is 300 g/mol. The van der Waals surface area contributed by atoms with E-state index in [0.717, 1.165) is 12.1 Å². The van der Waals surface area contributed by atoms with Crippen LogP contribution < -0.4 is 5.32 Å². The topological polar surface area (TPSA) is 32.3 Å². The fraction of sp³-hybridized carbons (Fsp3) is 0.353. The van der Waals surface area contributed by atoms with Crippen molar-refractivity contribution in [3.8, 4) is 0 Å². The molecule has 3 rings (SSSR count). The van der Waals surface area contributed by atoms with Crippen LogP contribution in [-0.2, 0) is 4.79 Å². The molecule has 0 saturated carbocycles. The van der Waals surface area contributed by atoms with Crippen LogP contribution in [0.1, 0.15) is 36.5 Å². The number of amides is 1. The Kier molecular flexibility index (Phi) is 4.08. The molecule has 21 heavy (non-hydrogen) atoms. The molecule has 1 amide bonds. The molecule has 2 atom stereocenters. The van der Waals surface area contributed by atoms with Crippen LogP contribution in [0.3, 0.4) is 0 Å². The number of carbonyl (C=O) groups excluding carboxylic acids is 1. The van der Waals surface area contributed by atoms with Crippen LogP contribution in [0, 0.1) is 5.92 Å². The summed E-state index contributed by atoms with van der Waals surface area (Å²) >= 11 is 1.69. The van der Waals surface area contributed by atoms with Gasteiger partial charge in [0, 0.05) is 11.4 Å². The van der Waals surface area contributed by atoms with E-state index in [-0.39, 0.29) is 18.1 Å². The third kappa shape index (κ3) is 2.87. The van der Waals surface area contributed by atoms with Crippen molar-refractivity contribution in [1.29, 1.82) is 0 Å². The smallest absolute Gasteiger partial charge is 0.245 e. The Hall–Kier alpha value is -1.65. The van der Waals surface area contributed by atoms with E-state index < -0.39 is 0 Å². The molecule has 0 radical (unpaired) electrons. The standard InChI is InChI=1S/C17H20N2OS/c1-12(2)11-19-16(14-9-6-10-21-14)18-15(17(19)20)13-7-4-3-5-8-13/h3-10,12,15-16,18H,11H2,1-2H3. The molecule has 0 bridgehead atoms. The molecule has 1 aliphatic rings. The van der Waals surface area contributed by atoms with Crippen LogP contribution in [-0.4, -0.2) is 17.4 Å². The van der Waals surface area contributed by atoms with Crippen molar-refractivity contribution in [3.05, 3.63) is 58.3 Å². The van der Waals surface area contributed by atoms with Gasteiger partial charge in [-0.1, -0.05) is 50.2 Å². The lowest BCUT2D eigenvalue weighted by Crippen LogP contribution is -2.33. The Morgan fingerprint density at radius 3 is 2.57 bits per heavy atom. The van der Waals surface area contributed by atoms with Crippen LogP contribution in [0.5, 0.6) is 0 Å². The molecular formula is C17H20N2OS. The monoisotopic (exact) mass is 300 g/mol. The van der Waals surface area contributed by atoms with Gasteiger partial charge >= 0.3 is 0 Å². The second-order valence-corrected chi connectivity index (χ2v) is 6.79. The highest BCUT2D eigenvalue weighted by molar-refractivity contribution is 7.10. The third-order valence-corrected chi connectivity index (χ3v) is 4.60. The maximum absolute atomic E-state index is 12.8. The van der Waals surface area contributed by atoms with Crippen molar-refractivity contribution in [2.24, 2.45) is 5.92 Å². The molecule has 2 unspecified atom stereocenters. The van der Waals surface area contributed by atoms with Gasteiger partial charge in [0.2, 0.25) is 5.91 Å². The lowest BCUT2D eigenvalue weighted by molar-refractivity contribution is -0.130. The van der Waals surface area contributed by atoms with Gasteiger partial charge in [-0.15, -0.1) is 11.3 Å². The molecule has 2 heterocycles. The molecule has 1 fully saturated rings. The first-order valence-corrected chi connectivity index (χ1v) is 8.19. The number of rotatable bonds is 4. The van der Waals surface area contributed by atoms with E-state index in [4.69, 9.17) is 0 Å². The summed E-state index contributed by atoms with van der Waals surface area (Å²) in [6.45, 7) is 5.07. The summed E-state index contributed by atoms with van der Waals surface area (Å²) in [5, 5.41) is 5.56. The zero-order valence-corrected chi connectivity index (χ0v) is 13.1. The van der Waals surface area contributed by atoms with E-state index in [1.165, 1.54) is 4.88 Å². The number of hydrogen-bond acceptors (Lipinski definition) is 3. The van der Waals surface area contributed by atoms with Gasteiger partial charge in [0.1, 0.15) is 12.2 Å². The molecule has 3 nitrogen and oxygen atoms in total. The van der Waals surface area contributed by atoms with Gasteiger partial charge < -0.3 is 4.90 Å². The summed E-state index contributed by atoms with van der Waals surface area (Å²) in [6.07, 6.45) is -0.00916. The van der Waals surface area contributed by atoms with Crippen LogP contribution in [0.15, 0.2) is 47.8 Å². The molecule has 110 valence electrons. The number of nitrogens with zero attached hydrogens (tertiary/aromatic N) is 1. The van der Waals surface area contributed by atoms with Crippen molar-refractivity contribution < 1.29 is 4.79 Å². The largest absolute Gasteiger partial charge is 0.320 e. The van der Waals surface area contributed by atoms with E-state index in [2.05, 4.69) is 30.6 Å². The molecular weight excluding hydrogens is 280 g/mol. The van der Waals surface area contributed by atoms with E-state index in [1.54, 1.807) is 11.3 Å². The number of thiophene rings is 1. The summed E-state index contributed by atoms with van der Waals surface area (Å²) in [5.41, 5.74) is 1.04. The minimum atomic E-state index is -0.239. The van der Waals surface area contributed by atoms with E-state index in [9.17, 15) is 4.79 Å². The predicted octanol–water partition coefficient (Wildman–Crippen LogP) is 3.58. The number of hydrogen-bond donors (Lipinski definition) is 1. The quantitative estimate of drug-likeness (QED) is 0.936. The van der Waals surface area contributed by atoms with Gasteiger partial charge in [-0.2, -0.15) is 0 Å². The van der Waals surface area contributed by atoms with E-state index in [1.807, 2.05) is 41.3 Å². The van der Waals surface area contributed by atoms with Crippen molar-refractivity contribution >= 4 is 17.2 Å². The first-order valence-electron chi connectivity index (χ1n) is 7.31. The Bertz CT molecular complexity index is 595. The number of carbonyl (C=O) groups is 1. The molecule has 0 spiro atoms. The third-order valence-electron chi connectivity index (χ3n) is 3.67. The van der Waals surface area contributed by atoms with Crippen molar-refractivity contribution in [3.63, 3.8) is 0 Å². The lowest BCUT2D eigenvalue weighted by atomic mass is 10.1. The summed E-state index contributed by atoms with van der Waals surface area (Å²) in [7, 11) is 0. The average Bonchev–Trinajstić information content (AvgIpc) is 3.09. The first-order chi connectivity index (χ1) is 10.2. The highest BCUT2D eigenvalue weighted by Gasteiger charge is 2.40.